The van der Waals surface area contributed by atoms with Crippen LogP contribution in [-0.4, -0.2) is 46.0 Å². The van der Waals surface area contributed by atoms with Crippen molar-refractivity contribution in [2.75, 3.05) is 13.1 Å². The van der Waals surface area contributed by atoms with E-state index in [2.05, 4.69) is 15.5 Å². The van der Waals surface area contributed by atoms with Gasteiger partial charge in [-0.2, -0.15) is 5.10 Å². The Kier molecular flexibility index (Phi) is 3.83. The molecule has 6 heteroatoms. The molecule has 4 fully saturated rings. The van der Waals surface area contributed by atoms with Crippen molar-refractivity contribution >= 4 is 11.8 Å². The number of hydrogen-bond acceptors (Lipinski definition) is 3. The van der Waals surface area contributed by atoms with Crippen LogP contribution in [0.3, 0.4) is 0 Å². The van der Waals surface area contributed by atoms with Gasteiger partial charge in [-0.25, -0.2) is 0 Å². The van der Waals surface area contributed by atoms with Crippen LogP contribution in [0.4, 0.5) is 0 Å². The average molecular weight is 356 g/mol. The van der Waals surface area contributed by atoms with Gasteiger partial charge in [-0.15, -0.1) is 0 Å². The summed E-state index contributed by atoms with van der Waals surface area (Å²) in [6.45, 7) is 1.65. The summed E-state index contributed by atoms with van der Waals surface area (Å²) < 4.78 is 0. The smallest absolute Gasteiger partial charge is 0.271 e. The number of carbonyl (C=O) groups is 2. The molecule has 2 heterocycles. The van der Waals surface area contributed by atoms with Crippen LogP contribution in [0.5, 0.6) is 0 Å². The monoisotopic (exact) mass is 356 g/mol. The molecule has 0 aromatic carbocycles. The third-order valence-corrected chi connectivity index (χ3v) is 7.58. The Morgan fingerprint density at radius 1 is 1.23 bits per heavy atom. The molecule has 2 amide bonds. The molecule has 1 aromatic rings. The van der Waals surface area contributed by atoms with Crippen molar-refractivity contribution in [3.8, 4) is 0 Å². The lowest BCUT2D eigenvalue weighted by Crippen LogP contribution is -2.49. The zero-order valence-electron chi connectivity index (χ0n) is 15.2. The molecule has 140 valence electrons. The van der Waals surface area contributed by atoms with Gasteiger partial charge >= 0.3 is 0 Å². The molecule has 3 saturated carbocycles. The number of aromatic nitrogens is 2. The van der Waals surface area contributed by atoms with Gasteiger partial charge in [0, 0.05) is 31.2 Å². The molecule has 0 bridgehead atoms. The number of likely N-dealkylation sites (tertiary alicyclic amines) is 1. The number of hydrogen-bond donors (Lipinski definition) is 2. The number of nitrogens with zero attached hydrogens (tertiary/aromatic N) is 2. The van der Waals surface area contributed by atoms with Crippen molar-refractivity contribution in [1.82, 2.24) is 20.4 Å². The summed E-state index contributed by atoms with van der Waals surface area (Å²) in [5.74, 6) is 1.90. The normalized spacial score (nSPS) is 34.7. The van der Waals surface area contributed by atoms with E-state index in [-0.39, 0.29) is 5.91 Å². The summed E-state index contributed by atoms with van der Waals surface area (Å²) in [6.07, 6.45) is 10.9. The minimum Gasteiger partial charge on any atom is -0.353 e. The van der Waals surface area contributed by atoms with Gasteiger partial charge in [-0.1, -0.05) is 6.42 Å². The average Bonchev–Trinajstić information content (AvgIpc) is 3.19. The van der Waals surface area contributed by atoms with Crippen molar-refractivity contribution in [3.63, 3.8) is 0 Å². The van der Waals surface area contributed by atoms with Gasteiger partial charge in [0.25, 0.3) is 5.91 Å². The predicted octanol–water partition coefficient (Wildman–Crippen LogP) is 2.35. The topological polar surface area (TPSA) is 78.1 Å². The maximum absolute atomic E-state index is 12.5. The van der Waals surface area contributed by atoms with Crippen molar-refractivity contribution in [2.45, 2.75) is 57.4 Å². The number of fused-ring (bicyclic) bond motifs is 1. The van der Waals surface area contributed by atoms with E-state index in [0.29, 0.717) is 40.8 Å². The first-order valence-corrected chi connectivity index (χ1v) is 10.2. The van der Waals surface area contributed by atoms with Crippen molar-refractivity contribution in [1.29, 1.82) is 0 Å². The van der Waals surface area contributed by atoms with Gasteiger partial charge in [-0.3, -0.25) is 14.7 Å². The van der Waals surface area contributed by atoms with E-state index in [1.165, 1.54) is 19.3 Å². The number of rotatable bonds is 3. The molecular weight excluding hydrogens is 328 g/mol. The molecule has 1 saturated heterocycles. The highest BCUT2D eigenvalue weighted by Gasteiger charge is 2.61. The Morgan fingerprint density at radius 2 is 2.12 bits per heavy atom. The SMILES string of the molecule is O=C(NC1CCC2CN(C(=O)c3ccn[nH]3)CCC2C1)C1CC12CCC2. The molecule has 6 nitrogen and oxygen atoms in total. The Hall–Kier alpha value is -1.85. The Morgan fingerprint density at radius 3 is 2.81 bits per heavy atom. The van der Waals surface area contributed by atoms with E-state index in [0.717, 1.165) is 45.2 Å². The van der Waals surface area contributed by atoms with Crippen molar-refractivity contribution < 1.29 is 9.59 Å². The molecule has 1 aromatic heterocycles. The summed E-state index contributed by atoms with van der Waals surface area (Å²) in [4.78, 5) is 27.0. The zero-order chi connectivity index (χ0) is 17.7. The molecule has 5 rings (SSSR count). The van der Waals surface area contributed by atoms with E-state index < -0.39 is 0 Å². The van der Waals surface area contributed by atoms with E-state index in [1.807, 2.05) is 4.90 Å². The number of piperidine rings is 1. The minimum atomic E-state index is 0.0657. The lowest BCUT2D eigenvalue weighted by Gasteiger charge is -2.43. The summed E-state index contributed by atoms with van der Waals surface area (Å²) in [7, 11) is 0. The largest absolute Gasteiger partial charge is 0.353 e. The van der Waals surface area contributed by atoms with E-state index in [1.54, 1.807) is 12.3 Å². The second-order valence-corrected chi connectivity index (χ2v) is 9.02. The summed E-state index contributed by atoms with van der Waals surface area (Å²) in [5.41, 5.74) is 0.999. The third kappa shape index (κ3) is 2.74. The maximum Gasteiger partial charge on any atom is 0.271 e. The first-order valence-electron chi connectivity index (χ1n) is 10.2. The van der Waals surface area contributed by atoms with Crippen LogP contribution in [0.2, 0.25) is 0 Å². The lowest BCUT2D eigenvalue weighted by atomic mass is 9.73. The highest BCUT2D eigenvalue weighted by molar-refractivity contribution is 5.92. The zero-order valence-corrected chi connectivity index (χ0v) is 15.2. The number of carbonyl (C=O) groups excluding carboxylic acids is 2. The number of nitrogens with one attached hydrogen (secondary N) is 2. The molecule has 26 heavy (non-hydrogen) atoms. The first-order chi connectivity index (χ1) is 12.6. The van der Waals surface area contributed by atoms with Crippen LogP contribution in [0.25, 0.3) is 0 Å². The molecule has 4 atom stereocenters. The van der Waals surface area contributed by atoms with Crippen LogP contribution >= 0.6 is 0 Å². The second-order valence-electron chi connectivity index (χ2n) is 9.02. The van der Waals surface area contributed by atoms with Crippen LogP contribution in [0.1, 0.15) is 61.9 Å². The summed E-state index contributed by atoms with van der Waals surface area (Å²) in [6, 6.07) is 2.09. The number of aromatic amines is 1. The Balaban J connectivity index is 1.13. The third-order valence-electron chi connectivity index (χ3n) is 7.58. The lowest BCUT2D eigenvalue weighted by molar-refractivity contribution is -0.124. The summed E-state index contributed by atoms with van der Waals surface area (Å²) >= 11 is 0. The predicted molar refractivity (Wildman–Crippen MR) is 96.3 cm³/mol. The van der Waals surface area contributed by atoms with Gasteiger partial charge in [-0.05, 0) is 68.3 Å². The fourth-order valence-corrected chi connectivity index (χ4v) is 5.68. The highest BCUT2D eigenvalue weighted by Crippen LogP contribution is 2.65. The highest BCUT2D eigenvalue weighted by atomic mass is 16.2. The Bertz CT molecular complexity index is 697. The van der Waals surface area contributed by atoms with Crippen LogP contribution < -0.4 is 5.32 Å². The molecule has 0 radical (unpaired) electrons. The van der Waals surface area contributed by atoms with E-state index >= 15 is 0 Å². The molecule has 1 aliphatic heterocycles. The van der Waals surface area contributed by atoms with Crippen molar-refractivity contribution in [3.05, 3.63) is 18.0 Å². The fraction of sp³-hybridized carbons (Fsp3) is 0.750. The fourth-order valence-electron chi connectivity index (χ4n) is 5.68. The number of H-pyrrole nitrogens is 1. The van der Waals surface area contributed by atoms with Gasteiger partial charge in [0.1, 0.15) is 5.69 Å². The quantitative estimate of drug-likeness (QED) is 0.873. The van der Waals surface area contributed by atoms with Crippen molar-refractivity contribution in [2.24, 2.45) is 23.2 Å². The van der Waals surface area contributed by atoms with E-state index in [9.17, 15) is 9.59 Å². The molecule has 4 unspecified atom stereocenters. The maximum atomic E-state index is 12.5. The first kappa shape index (κ1) is 16.3. The van der Waals surface area contributed by atoms with Gasteiger partial charge in [0.15, 0.2) is 0 Å². The second kappa shape index (κ2) is 6.10. The van der Waals surface area contributed by atoms with Crippen LogP contribution in [0, 0.1) is 23.2 Å². The molecule has 4 aliphatic rings. The van der Waals surface area contributed by atoms with Gasteiger partial charge < -0.3 is 10.2 Å². The molecular formula is C20H28N4O2. The van der Waals surface area contributed by atoms with Crippen LogP contribution in [0.15, 0.2) is 12.3 Å². The minimum absolute atomic E-state index is 0.0657. The molecule has 1 spiro atoms. The molecule has 2 N–H and O–H groups in total. The molecule has 3 aliphatic carbocycles. The van der Waals surface area contributed by atoms with Gasteiger partial charge in [0.05, 0.1) is 0 Å². The van der Waals surface area contributed by atoms with E-state index in [4.69, 9.17) is 0 Å². The number of amides is 2. The van der Waals surface area contributed by atoms with Crippen LogP contribution in [-0.2, 0) is 4.79 Å². The van der Waals surface area contributed by atoms with Gasteiger partial charge in [0.2, 0.25) is 5.91 Å². The Labute approximate surface area is 154 Å². The summed E-state index contributed by atoms with van der Waals surface area (Å²) in [5, 5.41) is 10.0. The standard InChI is InChI=1S/C20H28N4O2/c25-18(16-11-20(16)6-1-7-20)22-15-3-2-14-12-24(9-5-13(14)10-15)19(26)17-4-8-21-23-17/h4,8,13-16H,1-3,5-7,9-12H2,(H,21,23)(H,22,25).